The minimum absolute atomic E-state index is 0.0869. The minimum atomic E-state index is 0.0869. The van der Waals surface area contributed by atoms with Gasteiger partial charge in [0.25, 0.3) is 0 Å². The van der Waals surface area contributed by atoms with Crippen LogP contribution in [0.3, 0.4) is 0 Å². The van der Waals surface area contributed by atoms with Crippen molar-refractivity contribution in [2.24, 2.45) is 11.8 Å². The second kappa shape index (κ2) is 4.45. The molecular formula is C12H14BrNO2. The summed E-state index contributed by atoms with van der Waals surface area (Å²) < 4.78 is 6.12. The Morgan fingerprint density at radius 2 is 2.25 bits per heavy atom. The number of amides is 1. The fourth-order valence-electron chi connectivity index (χ4n) is 1.69. The number of rotatable bonds is 3. The lowest BCUT2D eigenvalue weighted by Gasteiger charge is -2.10. The fraction of sp³-hybridized carbons (Fsp3) is 0.417. The largest absolute Gasteiger partial charge is 0.495 e. The molecule has 1 aromatic carbocycles. The zero-order chi connectivity index (χ0) is 11.7. The first-order valence-corrected chi connectivity index (χ1v) is 6.05. The number of hydrogen-bond acceptors (Lipinski definition) is 2. The molecular weight excluding hydrogens is 270 g/mol. The van der Waals surface area contributed by atoms with Gasteiger partial charge in [-0.3, -0.25) is 4.79 Å². The van der Waals surface area contributed by atoms with Gasteiger partial charge >= 0.3 is 0 Å². The van der Waals surface area contributed by atoms with E-state index < -0.39 is 0 Å². The van der Waals surface area contributed by atoms with E-state index in [1.54, 1.807) is 7.11 Å². The maximum atomic E-state index is 11.8. The molecule has 1 fully saturated rings. The van der Waals surface area contributed by atoms with Crippen LogP contribution in [0.2, 0.25) is 0 Å². The molecule has 16 heavy (non-hydrogen) atoms. The van der Waals surface area contributed by atoms with Crippen molar-refractivity contribution in [2.45, 2.75) is 13.3 Å². The number of anilines is 1. The zero-order valence-electron chi connectivity index (χ0n) is 9.29. The summed E-state index contributed by atoms with van der Waals surface area (Å²) in [4.78, 5) is 11.8. The smallest absolute Gasteiger partial charge is 0.227 e. The van der Waals surface area contributed by atoms with Gasteiger partial charge in [0.1, 0.15) is 5.75 Å². The van der Waals surface area contributed by atoms with Gasteiger partial charge in [-0.2, -0.15) is 0 Å². The van der Waals surface area contributed by atoms with Crippen molar-refractivity contribution in [3.63, 3.8) is 0 Å². The van der Waals surface area contributed by atoms with Crippen molar-refractivity contribution >= 4 is 27.5 Å². The lowest BCUT2D eigenvalue weighted by molar-refractivity contribution is -0.117. The van der Waals surface area contributed by atoms with Gasteiger partial charge in [-0.1, -0.05) is 22.9 Å². The average Bonchev–Trinajstić information content (AvgIpc) is 2.96. The normalized spacial score (nSPS) is 22.7. The molecule has 1 aliphatic rings. The van der Waals surface area contributed by atoms with Gasteiger partial charge in [0.15, 0.2) is 0 Å². The first-order chi connectivity index (χ1) is 7.61. The van der Waals surface area contributed by atoms with Gasteiger partial charge in [-0.05, 0) is 30.5 Å². The highest BCUT2D eigenvalue weighted by atomic mass is 79.9. The molecule has 2 rings (SSSR count). The van der Waals surface area contributed by atoms with E-state index in [9.17, 15) is 4.79 Å². The van der Waals surface area contributed by atoms with E-state index in [1.807, 2.05) is 18.2 Å². The molecule has 0 aliphatic heterocycles. The fourth-order valence-corrected chi connectivity index (χ4v) is 2.05. The van der Waals surface area contributed by atoms with Crippen molar-refractivity contribution in [3.05, 3.63) is 22.7 Å². The first kappa shape index (κ1) is 11.5. The number of hydrogen-bond donors (Lipinski definition) is 1. The predicted molar refractivity (Wildman–Crippen MR) is 66.6 cm³/mol. The molecule has 1 saturated carbocycles. The predicted octanol–water partition coefficient (Wildman–Crippen LogP) is 3.05. The lowest BCUT2D eigenvalue weighted by atomic mass is 10.2. The summed E-state index contributed by atoms with van der Waals surface area (Å²) >= 11 is 3.37. The van der Waals surface area contributed by atoms with E-state index in [-0.39, 0.29) is 11.8 Å². The topological polar surface area (TPSA) is 38.3 Å². The van der Waals surface area contributed by atoms with E-state index in [0.717, 1.165) is 16.6 Å². The Labute approximate surface area is 103 Å². The van der Waals surface area contributed by atoms with Crippen LogP contribution in [0.4, 0.5) is 5.69 Å². The van der Waals surface area contributed by atoms with E-state index in [2.05, 4.69) is 28.2 Å². The van der Waals surface area contributed by atoms with Crippen LogP contribution in [-0.2, 0) is 4.79 Å². The number of ether oxygens (including phenoxy) is 1. The number of halogens is 1. The number of carbonyl (C=O) groups excluding carboxylic acids is 1. The molecule has 0 bridgehead atoms. The average molecular weight is 284 g/mol. The number of carbonyl (C=O) groups is 1. The molecule has 1 amide bonds. The molecule has 0 saturated heterocycles. The van der Waals surface area contributed by atoms with Gasteiger partial charge in [0.2, 0.25) is 5.91 Å². The van der Waals surface area contributed by atoms with Gasteiger partial charge < -0.3 is 10.1 Å². The van der Waals surface area contributed by atoms with Gasteiger partial charge in [-0.25, -0.2) is 0 Å². The molecule has 2 unspecified atom stereocenters. The van der Waals surface area contributed by atoms with Gasteiger partial charge in [0.05, 0.1) is 12.8 Å². The molecule has 4 heteroatoms. The molecule has 0 spiro atoms. The van der Waals surface area contributed by atoms with Crippen LogP contribution in [-0.4, -0.2) is 13.0 Å². The first-order valence-electron chi connectivity index (χ1n) is 5.26. The number of methoxy groups -OCH3 is 1. The molecule has 0 heterocycles. The van der Waals surface area contributed by atoms with Crippen molar-refractivity contribution in [1.82, 2.24) is 0 Å². The van der Waals surface area contributed by atoms with E-state index in [0.29, 0.717) is 11.7 Å². The molecule has 0 radical (unpaired) electrons. The molecule has 2 atom stereocenters. The molecule has 86 valence electrons. The lowest BCUT2D eigenvalue weighted by Crippen LogP contribution is -2.15. The summed E-state index contributed by atoms with van der Waals surface area (Å²) in [5.74, 6) is 1.45. The van der Waals surface area contributed by atoms with Crippen LogP contribution < -0.4 is 10.1 Å². The van der Waals surface area contributed by atoms with Gasteiger partial charge in [-0.15, -0.1) is 0 Å². The molecule has 3 nitrogen and oxygen atoms in total. The van der Waals surface area contributed by atoms with Crippen LogP contribution in [0.5, 0.6) is 5.75 Å². The van der Waals surface area contributed by atoms with Crippen molar-refractivity contribution in [1.29, 1.82) is 0 Å². The van der Waals surface area contributed by atoms with Crippen molar-refractivity contribution in [3.8, 4) is 5.75 Å². The quantitative estimate of drug-likeness (QED) is 0.926. The van der Waals surface area contributed by atoms with Crippen LogP contribution in [0.25, 0.3) is 0 Å². The van der Waals surface area contributed by atoms with Crippen LogP contribution >= 0.6 is 15.9 Å². The third-order valence-corrected chi connectivity index (χ3v) is 3.36. The summed E-state index contributed by atoms with van der Waals surface area (Å²) in [6.07, 6.45) is 0.988. The molecule has 0 aromatic heterocycles. The maximum absolute atomic E-state index is 11.8. The highest BCUT2D eigenvalue weighted by Crippen LogP contribution is 2.39. The summed E-state index contributed by atoms with van der Waals surface area (Å²) in [6.45, 7) is 2.09. The summed E-state index contributed by atoms with van der Waals surface area (Å²) in [6, 6.07) is 5.56. The van der Waals surface area contributed by atoms with E-state index in [4.69, 9.17) is 4.74 Å². The van der Waals surface area contributed by atoms with Crippen molar-refractivity contribution in [2.75, 3.05) is 12.4 Å². The summed E-state index contributed by atoms with van der Waals surface area (Å²) in [5.41, 5.74) is 0.723. The Morgan fingerprint density at radius 3 is 2.81 bits per heavy atom. The third-order valence-electron chi connectivity index (χ3n) is 2.87. The number of benzene rings is 1. The summed E-state index contributed by atoms with van der Waals surface area (Å²) in [7, 11) is 1.60. The Bertz CT molecular complexity index is 419. The summed E-state index contributed by atoms with van der Waals surface area (Å²) in [5, 5.41) is 2.90. The van der Waals surface area contributed by atoms with Crippen molar-refractivity contribution < 1.29 is 9.53 Å². The third kappa shape index (κ3) is 2.38. The Hall–Kier alpha value is -1.03. The second-order valence-electron chi connectivity index (χ2n) is 4.15. The molecule has 1 aromatic rings. The standard InChI is InChI=1S/C12H14BrNO2/c1-7-5-9(7)12(15)14-10-6-8(13)3-4-11(10)16-2/h3-4,6-7,9H,5H2,1-2H3,(H,14,15). The van der Waals surface area contributed by atoms with E-state index in [1.165, 1.54) is 0 Å². The highest BCUT2D eigenvalue weighted by Gasteiger charge is 2.39. The van der Waals surface area contributed by atoms with Gasteiger partial charge in [0, 0.05) is 10.4 Å². The second-order valence-corrected chi connectivity index (χ2v) is 5.07. The Morgan fingerprint density at radius 1 is 1.56 bits per heavy atom. The van der Waals surface area contributed by atoms with E-state index >= 15 is 0 Å². The number of nitrogens with one attached hydrogen (secondary N) is 1. The van der Waals surface area contributed by atoms with Crippen LogP contribution in [0, 0.1) is 11.8 Å². The SMILES string of the molecule is COc1ccc(Br)cc1NC(=O)C1CC1C. The van der Waals surface area contributed by atoms with Crippen LogP contribution in [0.1, 0.15) is 13.3 Å². The monoisotopic (exact) mass is 283 g/mol. The zero-order valence-corrected chi connectivity index (χ0v) is 10.9. The maximum Gasteiger partial charge on any atom is 0.227 e. The highest BCUT2D eigenvalue weighted by molar-refractivity contribution is 9.10. The molecule has 1 N–H and O–H groups in total. The molecule has 1 aliphatic carbocycles. The Kier molecular flexibility index (Phi) is 3.19. The Balaban J connectivity index is 2.13. The van der Waals surface area contributed by atoms with Crippen LogP contribution in [0.15, 0.2) is 22.7 Å². The minimum Gasteiger partial charge on any atom is -0.495 e.